The molecule has 368 valence electrons. The summed E-state index contributed by atoms with van der Waals surface area (Å²) in [5, 5.41) is 30.5. The standard InChI is InChI=1S/C45H52N8O14S2/c1-26-33(48-41(68-26)50-42(57)65-44(2,3)4)34(38(54)49-36-39(55)53(45(36,5)6)67-69(60,61)62)51-66-32(40(56)64-35(27-13-9-7-10-14-27)28-15-11-8-12-16-28)25-63-31-19-17-29(18-20-31)37(46)47-30-21-23-52(24-22-30)43(58)59/h7-20,30,32,35-36H,21-25H2,1-6H3,(H2,46,47)(H,49,54)(H,58,59)(H,48,50,57)(H,60,61,62)/b51-34-/t32-,36+/m0/s1. The van der Waals surface area contributed by atoms with Gasteiger partial charge in [0.15, 0.2) is 16.9 Å². The van der Waals surface area contributed by atoms with Gasteiger partial charge in [-0.1, -0.05) is 65.8 Å². The molecule has 0 aliphatic carbocycles. The number of carboxylic acid groups (broad SMARTS) is 1. The van der Waals surface area contributed by atoms with Crippen molar-refractivity contribution in [2.24, 2.45) is 5.16 Å². The van der Waals surface area contributed by atoms with Gasteiger partial charge in [-0.25, -0.2) is 19.4 Å². The minimum Gasteiger partial charge on any atom is -0.489 e. The van der Waals surface area contributed by atoms with Gasteiger partial charge in [-0.05, 0) is 89.8 Å². The molecule has 0 saturated carbocycles. The molecule has 0 unspecified atom stereocenters. The maximum Gasteiger partial charge on any atom is 0.418 e. The van der Waals surface area contributed by atoms with E-state index in [0.717, 1.165) is 11.3 Å². The fourth-order valence-electron chi connectivity index (χ4n) is 7.10. The Morgan fingerprint density at radius 3 is 2.09 bits per heavy atom. The lowest BCUT2D eigenvalue weighted by Crippen LogP contribution is -2.76. The summed E-state index contributed by atoms with van der Waals surface area (Å²) in [6.07, 6.45) is -3.44. The Hall–Kier alpha value is -7.15. The van der Waals surface area contributed by atoms with Crippen molar-refractivity contribution in [2.45, 2.75) is 89.8 Å². The molecule has 2 aliphatic heterocycles. The van der Waals surface area contributed by atoms with Crippen LogP contribution in [0.15, 0.2) is 90.1 Å². The molecule has 22 nitrogen and oxygen atoms in total. The number of nitrogens with one attached hydrogen (secondary N) is 4. The van der Waals surface area contributed by atoms with E-state index in [4.69, 9.17) is 24.5 Å². The number of anilines is 1. The quantitative estimate of drug-likeness (QED) is 0.0198. The second-order valence-electron chi connectivity index (χ2n) is 17.3. The molecule has 2 fully saturated rings. The number of aromatic nitrogens is 1. The molecule has 3 aromatic carbocycles. The van der Waals surface area contributed by atoms with Crippen LogP contribution in [0, 0.1) is 12.3 Å². The number of rotatable bonds is 17. The number of hydrogen-bond acceptors (Lipinski definition) is 16. The molecule has 0 bridgehead atoms. The number of amidine groups is 1. The first-order valence-electron chi connectivity index (χ1n) is 21.4. The van der Waals surface area contributed by atoms with Crippen molar-refractivity contribution in [3.63, 3.8) is 0 Å². The number of β-lactam (4-membered cyclic amide) rings is 1. The predicted molar refractivity (Wildman–Crippen MR) is 249 cm³/mol. The lowest BCUT2D eigenvalue weighted by Gasteiger charge is -2.50. The maximum absolute atomic E-state index is 14.4. The molecule has 3 heterocycles. The van der Waals surface area contributed by atoms with Crippen LogP contribution in [-0.4, -0.2) is 124 Å². The van der Waals surface area contributed by atoms with Crippen LogP contribution in [0.25, 0.3) is 0 Å². The molecular weight excluding hydrogens is 941 g/mol. The summed E-state index contributed by atoms with van der Waals surface area (Å²) in [6, 6.07) is 22.6. The monoisotopic (exact) mass is 992 g/mol. The summed E-state index contributed by atoms with van der Waals surface area (Å²) < 4.78 is 54.2. The zero-order chi connectivity index (χ0) is 50.3. The molecule has 4 amide bonds. The van der Waals surface area contributed by atoms with E-state index >= 15 is 0 Å². The first-order valence-corrected chi connectivity index (χ1v) is 23.6. The molecule has 4 aromatic rings. The number of carbonyl (C=O) groups excluding carboxylic acids is 4. The Bertz CT molecular complexity index is 2630. The molecule has 0 radical (unpaired) electrons. The molecule has 0 spiro atoms. The fourth-order valence-corrected chi connectivity index (χ4v) is 8.35. The van der Waals surface area contributed by atoms with Crippen molar-refractivity contribution in [1.29, 1.82) is 5.41 Å². The Balaban J connectivity index is 1.30. The van der Waals surface area contributed by atoms with Gasteiger partial charge in [0.2, 0.25) is 0 Å². The first kappa shape index (κ1) is 51.2. The first-order chi connectivity index (χ1) is 32.5. The van der Waals surface area contributed by atoms with Gasteiger partial charge < -0.3 is 39.7 Å². The topological polar surface area (TPSA) is 298 Å². The van der Waals surface area contributed by atoms with Crippen LogP contribution in [0.3, 0.4) is 0 Å². The lowest BCUT2D eigenvalue weighted by molar-refractivity contribution is -0.218. The second kappa shape index (κ2) is 21.4. The van der Waals surface area contributed by atoms with Crippen molar-refractivity contribution in [3.05, 3.63) is 112 Å². The van der Waals surface area contributed by atoms with Crippen LogP contribution in [0.4, 0.5) is 14.7 Å². The van der Waals surface area contributed by atoms with Crippen LogP contribution in [0.5, 0.6) is 5.75 Å². The third-order valence-electron chi connectivity index (χ3n) is 10.6. The minimum atomic E-state index is -5.12. The number of piperidine rings is 1. The molecule has 2 aliphatic rings. The Labute approximate surface area is 401 Å². The number of oxime groups is 1. The molecule has 69 heavy (non-hydrogen) atoms. The molecule has 6 rings (SSSR count). The van der Waals surface area contributed by atoms with Gasteiger partial charge in [0, 0.05) is 29.6 Å². The number of esters is 1. The van der Waals surface area contributed by atoms with Crippen LogP contribution in [0.1, 0.15) is 80.8 Å². The normalized spacial score (nSPS) is 16.7. The number of likely N-dealkylation sites (tertiary alicyclic amines) is 1. The van der Waals surface area contributed by atoms with Gasteiger partial charge in [-0.2, -0.15) is 13.5 Å². The Morgan fingerprint density at radius 1 is 0.957 bits per heavy atom. The highest BCUT2D eigenvalue weighted by atomic mass is 32.3. The molecule has 1 aromatic heterocycles. The van der Waals surface area contributed by atoms with E-state index in [2.05, 4.69) is 30.4 Å². The van der Waals surface area contributed by atoms with Gasteiger partial charge >= 0.3 is 28.6 Å². The van der Waals surface area contributed by atoms with Crippen molar-refractivity contribution in [2.75, 3.05) is 25.0 Å². The number of hydrogen-bond donors (Lipinski definition) is 6. The van der Waals surface area contributed by atoms with Crippen molar-refractivity contribution < 1.29 is 65.4 Å². The second-order valence-corrected chi connectivity index (χ2v) is 19.5. The highest BCUT2D eigenvalue weighted by molar-refractivity contribution is 7.80. The number of carbonyl (C=O) groups is 5. The lowest BCUT2D eigenvalue weighted by atomic mass is 9.84. The summed E-state index contributed by atoms with van der Waals surface area (Å²) in [6.45, 7) is 9.37. The number of amides is 4. The average Bonchev–Trinajstić information content (AvgIpc) is 3.65. The Morgan fingerprint density at radius 2 is 1.55 bits per heavy atom. The Kier molecular flexibility index (Phi) is 15.9. The smallest absolute Gasteiger partial charge is 0.418 e. The summed E-state index contributed by atoms with van der Waals surface area (Å²) in [7, 11) is -5.12. The van der Waals surface area contributed by atoms with E-state index in [-0.39, 0.29) is 28.5 Å². The van der Waals surface area contributed by atoms with E-state index in [1.807, 2.05) is 0 Å². The SMILES string of the molecule is Cc1sc(NC(=O)OC(C)(C)C)nc1/C(=N/O[C@@H](COc1ccc(C(=N)NC2CCN(C(=O)O)CC2)cc1)C(=O)OC(c1ccccc1)c1ccccc1)C(=O)N[C@@H]1C(=O)N(OS(=O)(=O)O)C1(C)C. The van der Waals surface area contributed by atoms with E-state index in [1.54, 1.807) is 113 Å². The van der Waals surface area contributed by atoms with Crippen molar-refractivity contribution >= 4 is 68.4 Å². The number of ether oxygens (including phenoxy) is 3. The van der Waals surface area contributed by atoms with Gasteiger partial charge in [0.1, 0.15) is 35.5 Å². The largest absolute Gasteiger partial charge is 0.489 e. The summed E-state index contributed by atoms with van der Waals surface area (Å²) >= 11 is 0.937. The highest BCUT2D eigenvalue weighted by Gasteiger charge is 2.58. The van der Waals surface area contributed by atoms with E-state index in [1.165, 1.54) is 18.7 Å². The highest BCUT2D eigenvalue weighted by Crippen LogP contribution is 2.34. The third kappa shape index (κ3) is 13.5. The van der Waals surface area contributed by atoms with Crippen LogP contribution in [0.2, 0.25) is 0 Å². The fraction of sp³-hybridized carbons (Fsp3) is 0.378. The molecule has 2 atom stereocenters. The zero-order valence-electron chi connectivity index (χ0n) is 38.3. The minimum absolute atomic E-state index is 0.0202. The molecular formula is C45H52N8O14S2. The summed E-state index contributed by atoms with van der Waals surface area (Å²) in [4.78, 5) is 77.7. The van der Waals surface area contributed by atoms with Crippen LogP contribution >= 0.6 is 11.3 Å². The van der Waals surface area contributed by atoms with Crippen molar-refractivity contribution in [1.82, 2.24) is 25.6 Å². The van der Waals surface area contributed by atoms with Gasteiger partial charge in [0.25, 0.3) is 17.9 Å². The van der Waals surface area contributed by atoms with E-state index in [9.17, 15) is 42.0 Å². The predicted octanol–water partition coefficient (Wildman–Crippen LogP) is 5.20. The van der Waals surface area contributed by atoms with E-state index in [0.29, 0.717) is 52.6 Å². The van der Waals surface area contributed by atoms with Gasteiger partial charge in [-0.15, -0.1) is 15.6 Å². The number of aryl methyl sites for hydroxylation is 1. The summed E-state index contributed by atoms with van der Waals surface area (Å²) in [5.74, 6) is -2.77. The molecule has 24 heteroatoms. The van der Waals surface area contributed by atoms with Crippen LogP contribution < -0.4 is 20.7 Å². The number of hydroxylamine groups is 2. The van der Waals surface area contributed by atoms with E-state index < -0.39 is 82.1 Å². The maximum atomic E-state index is 14.4. The molecule has 6 N–H and O–H groups in total. The third-order valence-corrected chi connectivity index (χ3v) is 11.8. The zero-order valence-corrected chi connectivity index (χ0v) is 40.0. The summed E-state index contributed by atoms with van der Waals surface area (Å²) in [5.41, 5.74) is -1.43. The van der Waals surface area contributed by atoms with Gasteiger partial charge in [-0.3, -0.25) is 24.9 Å². The van der Waals surface area contributed by atoms with Crippen molar-refractivity contribution in [3.8, 4) is 5.75 Å². The average molecular weight is 993 g/mol. The van der Waals surface area contributed by atoms with Crippen LogP contribution in [-0.2, 0) is 43.4 Å². The number of thiazole rings is 1. The number of benzene rings is 3. The van der Waals surface area contributed by atoms with Gasteiger partial charge in [0.05, 0.1) is 5.54 Å². The number of nitrogens with zero attached hydrogens (tertiary/aromatic N) is 4. The molecule has 2 saturated heterocycles.